The summed E-state index contributed by atoms with van der Waals surface area (Å²) in [5.41, 5.74) is 0.926. The average molecular weight is 380 g/mol. The standard InChI is InChI=1S/C18H20N8O2/c1-14-3-6-26(23-14)16-11-15(21-13-22-16)24-7-9-25(10-8-24)17(27)12-28-18-19-4-2-5-20-18/h2-6,11,13H,7-10,12H2,1H3. The number of anilines is 1. The normalized spacial score (nSPS) is 14.2. The van der Waals surface area contributed by atoms with Gasteiger partial charge in [-0.15, -0.1) is 0 Å². The summed E-state index contributed by atoms with van der Waals surface area (Å²) < 4.78 is 7.07. The van der Waals surface area contributed by atoms with Crippen molar-refractivity contribution >= 4 is 11.7 Å². The van der Waals surface area contributed by atoms with E-state index in [4.69, 9.17) is 4.74 Å². The van der Waals surface area contributed by atoms with E-state index in [0.29, 0.717) is 32.0 Å². The fraction of sp³-hybridized carbons (Fsp3) is 0.333. The highest BCUT2D eigenvalue weighted by atomic mass is 16.5. The van der Waals surface area contributed by atoms with Gasteiger partial charge in [-0.05, 0) is 19.1 Å². The molecule has 0 radical (unpaired) electrons. The van der Waals surface area contributed by atoms with Crippen LogP contribution in [0.2, 0.25) is 0 Å². The molecule has 3 aromatic rings. The number of rotatable bonds is 5. The van der Waals surface area contributed by atoms with Gasteiger partial charge in [0.2, 0.25) is 0 Å². The van der Waals surface area contributed by atoms with Crippen LogP contribution >= 0.6 is 0 Å². The van der Waals surface area contributed by atoms with Gasteiger partial charge in [0.15, 0.2) is 12.4 Å². The molecule has 0 saturated carbocycles. The van der Waals surface area contributed by atoms with Crippen LogP contribution in [0.25, 0.3) is 5.82 Å². The van der Waals surface area contributed by atoms with Crippen LogP contribution < -0.4 is 9.64 Å². The molecule has 0 unspecified atom stereocenters. The largest absolute Gasteiger partial charge is 0.453 e. The van der Waals surface area contributed by atoms with E-state index >= 15 is 0 Å². The maximum atomic E-state index is 12.3. The van der Waals surface area contributed by atoms with Crippen molar-refractivity contribution in [1.29, 1.82) is 0 Å². The van der Waals surface area contributed by atoms with Crippen LogP contribution in [0, 0.1) is 6.92 Å². The van der Waals surface area contributed by atoms with Gasteiger partial charge in [0, 0.05) is 50.8 Å². The van der Waals surface area contributed by atoms with Gasteiger partial charge < -0.3 is 14.5 Å². The Hall–Kier alpha value is -3.56. The first-order chi connectivity index (χ1) is 13.7. The summed E-state index contributed by atoms with van der Waals surface area (Å²) in [6.07, 6.45) is 6.56. The van der Waals surface area contributed by atoms with E-state index in [1.807, 2.05) is 25.3 Å². The number of aromatic nitrogens is 6. The quantitative estimate of drug-likeness (QED) is 0.630. The SMILES string of the molecule is Cc1ccn(-c2cc(N3CCN(C(=O)COc4ncccn4)CC3)ncn2)n1. The molecule has 0 aromatic carbocycles. The number of piperazine rings is 1. The highest BCUT2D eigenvalue weighted by Crippen LogP contribution is 2.16. The van der Waals surface area contributed by atoms with E-state index in [0.717, 1.165) is 11.5 Å². The molecule has 4 rings (SSSR count). The van der Waals surface area contributed by atoms with Crippen LogP contribution in [-0.4, -0.2) is 73.3 Å². The number of hydrogen-bond donors (Lipinski definition) is 0. The number of carbonyl (C=O) groups is 1. The Morgan fingerprint density at radius 2 is 1.82 bits per heavy atom. The Labute approximate surface area is 161 Å². The fourth-order valence-electron chi connectivity index (χ4n) is 2.94. The second-order valence-corrected chi connectivity index (χ2v) is 6.32. The van der Waals surface area contributed by atoms with Crippen molar-refractivity contribution in [2.75, 3.05) is 37.7 Å². The van der Waals surface area contributed by atoms with Gasteiger partial charge in [0.1, 0.15) is 12.1 Å². The summed E-state index contributed by atoms with van der Waals surface area (Å²) in [4.78, 5) is 32.8. The minimum Gasteiger partial charge on any atom is -0.453 e. The molecule has 3 aromatic heterocycles. The molecule has 1 fully saturated rings. The zero-order valence-corrected chi connectivity index (χ0v) is 15.5. The molecule has 10 heteroatoms. The molecule has 1 aliphatic heterocycles. The van der Waals surface area contributed by atoms with E-state index in [1.165, 1.54) is 6.33 Å². The van der Waals surface area contributed by atoms with Crippen molar-refractivity contribution in [3.63, 3.8) is 0 Å². The molecule has 1 amide bonds. The van der Waals surface area contributed by atoms with Gasteiger partial charge >= 0.3 is 6.01 Å². The third kappa shape index (κ3) is 4.05. The molecule has 4 heterocycles. The predicted octanol–water partition coefficient (Wildman–Crippen LogP) is 0.488. The van der Waals surface area contributed by atoms with Crippen molar-refractivity contribution in [3.8, 4) is 11.8 Å². The molecule has 0 aliphatic carbocycles. The second kappa shape index (κ2) is 7.99. The zero-order valence-electron chi connectivity index (χ0n) is 15.5. The van der Waals surface area contributed by atoms with Crippen LogP contribution in [0.15, 0.2) is 43.1 Å². The first-order valence-corrected chi connectivity index (χ1v) is 8.96. The molecule has 10 nitrogen and oxygen atoms in total. The summed E-state index contributed by atoms with van der Waals surface area (Å²) in [6.45, 7) is 4.42. The minimum atomic E-state index is -0.0810. The van der Waals surface area contributed by atoms with Crippen molar-refractivity contribution in [2.24, 2.45) is 0 Å². The summed E-state index contributed by atoms with van der Waals surface area (Å²) in [5.74, 6) is 1.45. The zero-order chi connectivity index (χ0) is 19.3. The molecule has 144 valence electrons. The topological polar surface area (TPSA) is 102 Å². The number of carbonyl (C=O) groups excluding carboxylic acids is 1. The summed E-state index contributed by atoms with van der Waals surface area (Å²) in [6, 6.07) is 5.73. The molecule has 0 spiro atoms. The Kier molecular flexibility index (Phi) is 5.09. The third-order valence-corrected chi connectivity index (χ3v) is 4.42. The predicted molar refractivity (Wildman–Crippen MR) is 100 cm³/mol. The maximum absolute atomic E-state index is 12.3. The van der Waals surface area contributed by atoms with Crippen LogP contribution in [-0.2, 0) is 4.79 Å². The molecule has 28 heavy (non-hydrogen) atoms. The molecular weight excluding hydrogens is 360 g/mol. The molecule has 0 N–H and O–H groups in total. The lowest BCUT2D eigenvalue weighted by Gasteiger charge is -2.35. The number of ether oxygens (including phenoxy) is 1. The lowest BCUT2D eigenvalue weighted by molar-refractivity contribution is -0.133. The molecule has 1 saturated heterocycles. The molecule has 1 aliphatic rings. The molecular formula is C18H20N8O2. The summed E-state index contributed by atoms with van der Waals surface area (Å²) in [5, 5.41) is 4.38. The fourth-order valence-corrected chi connectivity index (χ4v) is 2.94. The van der Waals surface area contributed by atoms with Gasteiger partial charge in [-0.25, -0.2) is 24.6 Å². The van der Waals surface area contributed by atoms with Crippen molar-refractivity contribution in [1.82, 2.24) is 34.6 Å². The van der Waals surface area contributed by atoms with E-state index < -0.39 is 0 Å². The number of hydrogen-bond acceptors (Lipinski definition) is 8. The van der Waals surface area contributed by atoms with Gasteiger partial charge in [0.05, 0.1) is 5.69 Å². The lowest BCUT2D eigenvalue weighted by atomic mass is 10.3. The van der Waals surface area contributed by atoms with Crippen LogP contribution in [0.3, 0.4) is 0 Å². The maximum Gasteiger partial charge on any atom is 0.316 e. The van der Waals surface area contributed by atoms with Gasteiger partial charge in [-0.2, -0.15) is 5.10 Å². The van der Waals surface area contributed by atoms with Crippen LogP contribution in [0.4, 0.5) is 5.82 Å². The highest BCUT2D eigenvalue weighted by Gasteiger charge is 2.22. The first kappa shape index (κ1) is 17.8. The first-order valence-electron chi connectivity index (χ1n) is 8.96. The summed E-state index contributed by atoms with van der Waals surface area (Å²) in [7, 11) is 0. The lowest BCUT2D eigenvalue weighted by Crippen LogP contribution is -2.50. The highest BCUT2D eigenvalue weighted by molar-refractivity contribution is 5.78. The van der Waals surface area contributed by atoms with Gasteiger partial charge in [-0.1, -0.05) is 0 Å². The number of aryl methyl sites for hydroxylation is 1. The van der Waals surface area contributed by atoms with E-state index in [2.05, 4.69) is 29.9 Å². The Bertz CT molecular complexity index is 938. The van der Waals surface area contributed by atoms with E-state index in [-0.39, 0.29) is 18.5 Å². The smallest absolute Gasteiger partial charge is 0.316 e. The van der Waals surface area contributed by atoms with Crippen molar-refractivity contribution < 1.29 is 9.53 Å². The Balaban J connectivity index is 1.33. The van der Waals surface area contributed by atoms with Crippen LogP contribution in [0.1, 0.15) is 5.69 Å². The second-order valence-electron chi connectivity index (χ2n) is 6.32. The van der Waals surface area contributed by atoms with Crippen LogP contribution in [0.5, 0.6) is 6.01 Å². The Morgan fingerprint density at radius 1 is 1.07 bits per heavy atom. The average Bonchev–Trinajstić information content (AvgIpc) is 3.19. The van der Waals surface area contributed by atoms with Gasteiger partial charge in [0.25, 0.3) is 5.91 Å². The van der Waals surface area contributed by atoms with Crippen molar-refractivity contribution in [3.05, 3.63) is 48.8 Å². The minimum absolute atomic E-state index is 0.0691. The van der Waals surface area contributed by atoms with E-state index in [9.17, 15) is 4.79 Å². The number of nitrogens with zero attached hydrogens (tertiary/aromatic N) is 8. The van der Waals surface area contributed by atoms with Crippen molar-refractivity contribution in [2.45, 2.75) is 6.92 Å². The van der Waals surface area contributed by atoms with E-state index in [1.54, 1.807) is 28.0 Å². The number of amides is 1. The molecule has 0 bridgehead atoms. The third-order valence-electron chi connectivity index (χ3n) is 4.42. The summed E-state index contributed by atoms with van der Waals surface area (Å²) >= 11 is 0. The monoisotopic (exact) mass is 380 g/mol. The molecule has 0 atom stereocenters. The Morgan fingerprint density at radius 3 is 2.54 bits per heavy atom. The van der Waals surface area contributed by atoms with Gasteiger partial charge in [-0.3, -0.25) is 4.79 Å².